The fourth-order valence-corrected chi connectivity index (χ4v) is 1.11. The van der Waals surface area contributed by atoms with E-state index in [1.165, 1.54) is 0 Å². The Morgan fingerprint density at radius 1 is 1.50 bits per heavy atom. The summed E-state index contributed by atoms with van der Waals surface area (Å²) < 4.78 is 9.95. The number of carbonyl (C=O) groups excluding carboxylic acids is 1. The highest BCUT2D eigenvalue weighted by Crippen LogP contribution is 2.12. The van der Waals surface area contributed by atoms with Crippen molar-refractivity contribution >= 4 is 5.97 Å². The van der Waals surface area contributed by atoms with Crippen LogP contribution in [0.15, 0.2) is 35.6 Å². The van der Waals surface area contributed by atoms with Gasteiger partial charge in [0.25, 0.3) is 0 Å². The van der Waals surface area contributed by atoms with E-state index in [9.17, 15) is 4.79 Å². The van der Waals surface area contributed by atoms with E-state index in [0.29, 0.717) is 18.6 Å². The lowest BCUT2D eigenvalue weighted by molar-refractivity contribution is -0.138. The van der Waals surface area contributed by atoms with E-state index in [2.05, 4.69) is 0 Å². The molecule has 0 saturated heterocycles. The molecule has 0 unspecified atom stereocenters. The Morgan fingerprint density at radius 2 is 2.29 bits per heavy atom. The zero-order valence-electron chi connectivity index (χ0n) is 8.45. The summed E-state index contributed by atoms with van der Waals surface area (Å²) in [5, 5.41) is 0. The number of allylic oxidation sites excluding steroid dienone is 3. The Hall–Kier alpha value is -1.51. The molecule has 0 amide bonds. The third-order valence-corrected chi connectivity index (χ3v) is 1.84. The minimum atomic E-state index is -0.294. The zero-order chi connectivity index (χ0) is 10.4. The smallest absolute Gasteiger partial charge is 0.338 e. The van der Waals surface area contributed by atoms with Crippen molar-refractivity contribution < 1.29 is 14.3 Å². The molecule has 1 aliphatic rings. The molecule has 0 aromatic carbocycles. The summed E-state index contributed by atoms with van der Waals surface area (Å²) in [7, 11) is 1.61. The Balaban J connectivity index is 2.74. The summed E-state index contributed by atoms with van der Waals surface area (Å²) >= 11 is 0. The van der Waals surface area contributed by atoms with Gasteiger partial charge in [-0.05, 0) is 19.1 Å². The molecule has 14 heavy (non-hydrogen) atoms. The predicted molar refractivity (Wildman–Crippen MR) is 53.6 cm³/mol. The van der Waals surface area contributed by atoms with Gasteiger partial charge in [-0.3, -0.25) is 0 Å². The number of hydrogen-bond donors (Lipinski definition) is 0. The van der Waals surface area contributed by atoms with Crippen molar-refractivity contribution in [1.82, 2.24) is 0 Å². The third kappa shape index (κ3) is 2.76. The molecule has 0 fully saturated rings. The molecule has 0 heterocycles. The Bertz CT molecular complexity index is 298. The van der Waals surface area contributed by atoms with Gasteiger partial charge in [0.05, 0.1) is 25.0 Å². The number of carbonyl (C=O) groups is 1. The fraction of sp³-hybridized carbons (Fsp3) is 0.364. The van der Waals surface area contributed by atoms with Crippen LogP contribution < -0.4 is 0 Å². The third-order valence-electron chi connectivity index (χ3n) is 1.84. The fourth-order valence-electron chi connectivity index (χ4n) is 1.11. The monoisotopic (exact) mass is 194 g/mol. The van der Waals surface area contributed by atoms with Gasteiger partial charge < -0.3 is 9.47 Å². The van der Waals surface area contributed by atoms with Crippen LogP contribution in [0, 0.1) is 0 Å². The number of rotatable bonds is 3. The Kier molecular flexibility index (Phi) is 3.98. The Labute approximate surface area is 83.7 Å². The van der Waals surface area contributed by atoms with E-state index in [4.69, 9.17) is 9.47 Å². The van der Waals surface area contributed by atoms with Crippen molar-refractivity contribution in [2.45, 2.75) is 13.3 Å². The van der Waals surface area contributed by atoms with Crippen LogP contribution in [0.3, 0.4) is 0 Å². The average Bonchev–Trinajstić information content (AvgIpc) is 2.42. The van der Waals surface area contributed by atoms with Gasteiger partial charge >= 0.3 is 5.97 Å². The van der Waals surface area contributed by atoms with Crippen LogP contribution in [0.2, 0.25) is 0 Å². The molecule has 0 aromatic rings. The largest absolute Gasteiger partial charge is 0.501 e. The topological polar surface area (TPSA) is 35.5 Å². The maximum absolute atomic E-state index is 11.3. The lowest BCUT2D eigenvalue weighted by Crippen LogP contribution is -2.05. The molecule has 0 radical (unpaired) electrons. The second kappa shape index (κ2) is 5.27. The first kappa shape index (κ1) is 10.6. The van der Waals surface area contributed by atoms with Crippen molar-refractivity contribution in [3.05, 3.63) is 35.6 Å². The van der Waals surface area contributed by atoms with Crippen LogP contribution in [-0.2, 0) is 14.3 Å². The van der Waals surface area contributed by atoms with Crippen molar-refractivity contribution in [2.24, 2.45) is 0 Å². The normalized spacial score (nSPS) is 15.3. The lowest BCUT2D eigenvalue weighted by Gasteiger charge is -1.99. The van der Waals surface area contributed by atoms with Crippen molar-refractivity contribution in [3.8, 4) is 0 Å². The molecule has 3 nitrogen and oxygen atoms in total. The maximum atomic E-state index is 11.3. The van der Waals surface area contributed by atoms with Crippen LogP contribution >= 0.6 is 0 Å². The number of hydrogen-bond acceptors (Lipinski definition) is 3. The second-order valence-corrected chi connectivity index (χ2v) is 2.79. The van der Waals surface area contributed by atoms with Crippen molar-refractivity contribution in [2.75, 3.05) is 13.7 Å². The quantitative estimate of drug-likeness (QED) is 0.644. The van der Waals surface area contributed by atoms with E-state index in [1.54, 1.807) is 32.3 Å². The SMILES string of the molecule is CCOC(=O)C1=CC=C(OC)CC=C1. The summed E-state index contributed by atoms with van der Waals surface area (Å²) in [4.78, 5) is 11.3. The lowest BCUT2D eigenvalue weighted by atomic mass is 10.2. The maximum Gasteiger partial charge on any atom is 0.338 e. The predicted octanol–water partition coefficient (Wildman–Crippen LogP) is 1.97. The van der Waals surface area contributed by atoms with Crippen molar-refractivity contribution in [1.29, 1.82) is 0 Å². The van der Waals surface area contributed by atoms with Gasteiger partial charge in [-0.1, -0.05) is 12.2 Å². The van der Waals surface area contributed by atoms with E-state index < -0.39 is 0 Å². The molecule has 0 spiro atoms. The standard InChI is InChI=1S/C11H14O3/c1-3-14-11(12)9-5-4-6-10(13-2)8-7-9/h4-5,7-8H,3,6H2,1-2H3. The van der Waals surface area contributed by atoms with Crippen molar-refractivity contribution in [3.63, 3.8) is 0 Å². The highest BCUT2D eigenvalue weighted by molar-refractivity contribution is 5.92. The minimum absolute atomic E-state index is 0.294. The highest BCUT2D eigenvalue weighted by atomic mass is 16.5. The van der Waals surface area contributed by atoms with Gasteiger partial charge in [0.15, 0.2) is 0 Å². The highest BCUT2D eigenvalue weighted by Gasteiger charge is 2.08. The molecule has 1 rings (SSSR count). The van der Waals surface area contributed by atoms with Gasteiger partial charge in [-0.15, -0.1) is 0 Å². The first-order chi connectivity index (χ1) is 6.77. The number of ether oxygens (including phenoxy) is 2. The molecule has 76 valence electrons. The van der Waals surface area contributed by atoms with Crippen LogP contribution in [0.1, 0.15) is 13.3 Å². The average molecular weight is 194 g/mol. The van der Waals surface area contributed by atoms with E-state index in [0.717, 1.165) is 5.76 Å². The second-order valence-electron chi connectivity index (χ2n) is 2.79. The molecular formula is C11H14O3. The first-order valence-corrected chi connectivity index (χ1v) is 4.56. The molecular weight excluding hydrogens is 180 g/mol. The van der Waals surface area contributed by atoms with Crippen LogP contribution in [-0.4, -0.2) is 19.7 Å². The van der Waals surface area contributed by atoms with Gasteiger partial charge in [0.1, 0.15) is 0 Å². The number of methoxy groups -OCH3 is 1. The van der Waals surface area contributed by atoms with Gasteiger partial charge in [-0.2, -0.15) is 0 Å². The van der Waals surface area contributed by atoms with E-state index >= 15 is 0 Å². The molecule has 0 aromatic heterocycles. The Morgan fingerprint density at radius 3 is 2.93 bits per heavy atom. The summed E-state index contributed by atoms with van der Waals surface area (Å²) in [5.41, 5.74) is 0.555. The zero-order valence-corrected chi connectivity index (χ0v) is 8.45. The summed E-state index contributed by atoms with van der Waals surface area (Å²) in [5.74, 6) is 0.540. The minimum Gasteiger partial charge on any atom is -0.501 e. The van der Waals surface area contributed by atoms with Crippen LogP contribution in [0.5, 0.6) is 0 Å². The van der Waals surface area contributed by atoms with Gasteiger partial charge in [0.2, 0.25) is 0 Å². The van der Waals surface area contributed by atoms with E-state index in [1.807, 2.05) is 6.08 Å². The number of esters is 1. The van der Waals surface area contributed by atoms with Gasteiger partial charge in [0, 0.05) is 6.42 Å². The molecule has 1 aliphatic carbocycles. The summed E-state index contributed by atoms with van der Waals surface area (Å²) in [6, 6.07) is 0. The van der Waals surface area contributed by atoms with Crippen LogP contribution in [0.4, 0.5) is 0 Å². The molecule has 3 heteroatoms. The molecule has 0 saturated carbocycles. The van der Waals surface area contributed by atoms with Gasteiger partial charge in [-0.25, -0.2) is 4.79 Å². The summed E-state index contributed by atoms with van der Waals surface area (Å²) in [6.07, 6.45) is 7.83. The first-order valence-electron chi connectivity index (χ1n) is 4.56. The van der Waals surface area contributed by atoms with Crippen LogP contribution in [0.25, 0.3) is 0 Å². The molecule has 0 bridgehead atoms. The summed E-state index contributed by atoms with van der Waals surface area (Å²) in [6.45, 7) is 2.18. The molecule has 0 aliphatic heterocycles. The molecule has 0 atom stereocenters. The molecule has 0 N–H and O–H groups in total. The van der Waals surface area contributed by atoms with E-state index in [-0.39, 0.29) is 5.97 Å².